The topological polar surface area (TPSA) is 102 Å². The van der Waals surface area contributed by atoms with Crippen molar-refractivity contribution in [2.75, 3.05) is 0 Å². The van der Waals surface area contributed by atoms with Crippen LogP contribution < -0.4 is 0 Å². The molecule has 0 aromatic rings. The van der Waals surface area contributed by atoms with Gasteiger partial charge in [0, 0.05) is 36.6 Å². The predicted octanol–water partition coefficient (Wildman–Crippen LogP) is 1.10. The zero-order valence-electron chi connectivity index (χ0n) is 13.1. The number of ketones is 6. The summed E-state index contributed by atoms with van der Waals surface area (Å²) in [4.78, 5) is 59.7. The summed E-state index contributed by atoms with van der Waals surface area (Å²) in [5, 5.41) is 0. The number of carbonyl (C=O) groups excluding carboxylic acids is 6. The van der Waals surface area contributed by atoms with E-state index in [9.17, 15) is 28.8 Å². The van der Waals surface area contributed by atoms with E-state index in [2.05, 4.69) is 20.8 Å². The average Bonchev–Trinajstić information content (AvgIpc) is 2.10. The second kappa shape index (κ2) is 17.3. The van der Waals surface area contributed by atoms with Crippen LogP contribution in [0.3, 0.4) is 0 Å². The van der Waals surface area contributed by atoms with Crippen molar-refractivity contribution >= 4 is 34.7 Å². The Balaban J connectivity index is -0.000000108. The smallest absolute Gasteiger partial charge is 0.339 e. The number of carbonyl (C=O) groups is 6. The zero-order chi connectivity index (χ0) is 17.6. The minimum atomic E-state index is -0.312. The van der Waals surface area contributed by atoms with Crippen LogP contribution in [0.4, 0.5) is 0 Å². The second-order valence-corrected chi connectivity index (χ2v) is 4.25. The van der Waals surface area contributed by atoms with Crippen molar-refractivity contribution in [1.82, 2.24) is 0 Å². The Morgan fingerprint density at radius 1 is 0.545 bits per heavy atom. The molecule has 0 rings (SSSR count). The molecule has 1 radical (unpaired) electrons. The quantitative estimate of drug-likeness (QED) is 0.526. The van der Waals surface area contributed by atoms with Gasteiger partial charge in [0.2, 0.25) is 0 Å². The van der Waals surface area contributed by atoms with Crippen molar-refractivity contribution in [3.63, 3.8) is 0 Å². The fraction of sp³-hybridized carbons (Fsp3) is 0.400. The third-order valence-electron chi connectivity index (χ3n) is 1.34. The molecule has 0 aliphatic carbocycles. The number of hydrogen-bond donors (Lipinski definition) is 0. The van der Waals surface area contributed by atoms with Crippen LogP contribution >= 0.6 is 0 Å². The van der Waals surface area contributed by atoms with E-state index >= 15 is 0 Å². The maximum atomic E-state index is 9.99. The SMILES string of the molecule is [CH2-]C(=O)CC(C)=O.[CH2-]C(=O)CC(C)=O.[CH2-]C(=O)CC(C)=O.[V+4]. The molecule has 0 bridgehead atoms. The van der Waals surface area contributed by atoms with Gasteiger partial charge in [0.15, 0.2) is 0 Å². The van der Waals surface area contributed by atoms with Gasteiger partial charge in [-0.2, -0.15) is 0 Å². The first kappa shape index (κ1) is 28.4. The predicted molar refractivity (Wildman–Crippen MR) is 77.0 cm³/mol. The monoisotopic (exact) mass is 348 g/mol. The molecule has 0 saturated carbocycles. The molecular weight excluding hydrogens is 327 g/mol. The van der Waals surface area contributed by atoms with Crippen LogP contribution in [0.15, 0.2) is 0 Å². The molecule has 0 unspecified atom stereocenters. The van der Waals surface area contributed by atoms with Gasteiger partial charge < -0.3 is 35.2 Å². The van der Waals surface area contributed by atoms with Crippen molar-refractivity contribution in [3.8, 4) is 0 Å². The molecule has 7 heteroatoms. The molecule has 0 N–H and O–H groups in total. The van der Waals surface area contributed by atoms with Gasteiger partial charge in [0.25, 0.3) is 0 Å². The summed E-state index contributed by atoms with van der Waals surface area (Å²) in [5.41, 5.74) is 0. The van der Waals surface area contributed by atoms with E-state index in [1.807, 2.05) is 0 Å². The third kappa shape index (κ3) is 51.7. The van der Waals surface area contributed by atoms with Crippen molar-refractivity contribution in [2.24, 2.45) is 0 Å². The second-order valence-electron chi connectivity index (χ2n) is 4.25. The van der Waals surface area contributed by atoms with Gasteiger partial charge in [0.05, 0.1) is 0 Å². The minimum Gasteiger partial charge on any atom is -0.339 e. The van der Waals surface area contributed by atoms with Crippen molar-refractivity contribution < 1.29 is 47.3 Å². The molecular formula is C15H21O6V+. The summed E-state index contributed by atoms with van der Waals surface area (Å²) in [6.45, 7) is 13.1. The molecule has 121 valence electrons. The Labute approximate surface area is 143 Å². The maximum Gasteiger partial charge on any atom is 4.00 e. The van der Waals surface area contributed by atoms with Crippen molar-refractivity contribution in [2.45, 2.75) is 40.0 Å². The van der Waals surface area contributed by atoms with E-state index in [0.717, 1.165) is 0 Å². The van der Waals surface area contributed by atoms with Gasteiger partial charge >= 0.3 is 18.6 Å². The molecule has 0 heterocycles. The van der Waals surface area contributed by atoms with Crippen LogP contribution in [0.5, 0.6) is 0 Å². The summed E-state index contributed by atoms with van der Waals surface area (Å²) in [6.07, 6.45) is -0.0833. The summed E-state index contributed by atoms with van der Waals surface area (Å²) < 4.78 is 0. The Kier molecular flexibility index (Phi) is 22.3. The molecule has 0 amide bonds. The maximum absolute atomic E-state index is 9.99. The number of hydrogen-bond acceptors (Lipinski definition) is 6. The van der Waals surface area contributed by atoms with E-state index in [1.54, 1.807) is 0 Å². The Hall–Kier alpha value is -1.79. The van der Waals surface area contributed by atoms with Crippen LogP contribution in [-0.2, 0) is 47.3 Å². The van der Waals surface area contributed by atoms with E-state index in [4.69, 9.17) is 0 Å². The Bertz CT molecular complexity index is 314. The molecule has 22 heavy (non-hydrogen) atoms. The molecule has 0 fully saturated rings. The summed E-state index contributed by atoms with van der Waals surface area (Å²) in [6, 6.07) is 0. The van der Waals surface area contributed by atoms with Gasteiger partial charge in [-0.3, -0.25) is 14.4 Å². The molecule has 0 aromatic heterocycles. The Morgan fingerprint density at radius 2 is 0.682 bits per heavy atom. The zero-order valence-corrected chi connectivity index (χ0v) is 14.5. The van der Waals surface area contributed by atoms with Crippen LogP contribution in [0.2, 0.25) is 0 Å². The largest absolute Gasteiger partial charge is 4.00 e. The number of rotatable bonds is 6. The normalized spacial score (nSPS) is 7.77. The minimum absolute atomic E-state index is 0. The summed E-state index contributed by atoms with van der Waals surface area (Å²) >= 11 is 0. The van der Waals surface area contributed by atoms with Gasteiger partial charge in [-0.1, -0.05) is 0 Å². The molecule has 6 nitrogen and oxygen atoms in total. The molecule has 0 spiro atoms. The van der Waals surface area contributed by atoms with Gasteiger partial charge in [-0.25, -0.2) is 0 Å². The molecule has 0 aliphatic rings. The summed E-state index contributed by atoms with van der Waals surface area (Å²) in [5.74, 6) is -1.31. The third-order valence-corrected chi connectivity index (χ3v) is 1.34. The molecule has 0 atom stereocenters. The van der Waals surface area contributed by atoms with Gasteiger partial charge in [-0.15, -0.1) is 0 Å². The van der Waals surface area contributed by atoms with Crippen LogP contribution in [0.25, 0.3) is 0 Å². The standard InChI is InChI=1S/3C5H7O2.V/c3*1-4(6)3-5(2)7;/h3*1,3H2,2H3;/q3*-1;+4. The van der Waals surface area contributed by atoms with Gasteiger partial charge in [0.1, 0.15) is 17.3 Å². The van der Waals surface area contributed by atoms with Crippen molar-refractivity contribution in [3.05, 3.63) is 20.8 Å². The number of Topliss-reactive ketones (excluding diaryl/α,β-unsaturated/α-hetero) is 6. The fourth-order valence-corrected chi connectivity index (χ4v) is 0.833. The van der Waals surface area contributed by atoms with E-state index in [0.29, 0.717) is 0 Å². The molecule has 0 aliphatic heterocycles. The first-order valence-electron chi connectivity index (χ1n) is 5.91. The van der Waals surface area contributed by atoms with E-state index in [-0.39, 0.29) is 72.5 Å². The van der Waals surface area contributed by atoms with Crippen LogP contribution in [0.1, 0.15) is 40.0 Å². The average molecular weight is 348 g/mol. The van der Waals surface area contributed by atoms with E-state index < -0.39 is 0 Å². The van der Waals surface area contributed by atoms with Gasteiger partial charge in [-0.05, 0) is 20.8 Å². The molecule has 0 aromatic carbocycles. The fourth-order valence-electron chi connectivity index (χ4n) is 0.833. The Morgan fingerprint density at radius 3 is 0.682 bits per heavy atom. The molecule has 0 saturated heterocycles. The summed E-state index contributed by atoms with van der Waals surface area (Å²) in [7, 11) is 0. The van der Waals surface area contributed by atoms with Crippen LogP contribution in [-0.4, -0.2) is 34.7 Å². The van der Waals surface area contributed by atoms with E-state index in [1.165, 1.54) is 20.8 Å². The van der Waals surface area contributed by atoms with Crippen LogP contribution in [0, 0.1) is 20.8 Å². The first-order chi connectivity index (χ1) is 9.38. The van der Waals surface area contributed by atoms with Crippen molar-refractivity contribution in [1.29, 1.82) is 0 Å². The first-order valence-corrected chi connectivity index (χ1v) is 5.91.